The van der Waals surface area contributed by atoms with E-state index in [0.717, 1.165) is 23.8 Å². The Balaban J connectivity index is 1.93. The van der Waals surface area contributed by atoms with Gasteiger partial charge in [-0.1, -0.05) is 11.6 Å². The minimum absolute atomic E-state index is 0.0513. The standard InChI is InChI=1S/C12H13ClN2O/c13-9-3-4-11-10(5-9)14-12(16)7-15(11)6-8-1-2-8/h3-5,8H,1-2,6-7H2,(H,14,16). The Bertz CT molecular complexity index is 443. The molecule has 0 bridgehead atoms. The van der Waals surface area contributed by atoms with Crippen molar-refractivity contribution in [2.24, 2.45) is 5.92 Å². The topological polar surface area (TPSA) is 32.3 Å². The van der Waals surface area contributed by atoms with Crippen LogP contribution in [0.3, 0.4) is 0 Å². The van der Waals surface area contributed by atoms with Gasteiger partial charge in [-0.15, -0.1) is 0 Å². The minimum Gasteiger partial charge on any atom is -0.360 e. The molecule has 84 valence electrons. The number of hydrogen-bond donors (Lipinski definition) is 1. The number of hydrogen-bond acceptors (Lipinski definition) is 2. The van der Waals surface area contributed by atoms with Crippen LogP contribution in [0.1, 0.15) is 12.8 Å². The minimum atomic E-state index is 0.0513. The Morgan fingerprint density at radius 3 is 3.00 bits per heavy atom. The summed E-state index contributed by atoms with van der Waals surface area (Å²) in [6.07, 6.45) is 2.59. The zero-order valence-electron chi connectivity index (χ0n) is 8.87. The molecule has 1 N–H and O–H groups in total. The van der Waals surface area contributed by atoms with Gasteiger partial charge in [0.15, 0.2) is 0 Å². The lowest BCUT2D eigenvalue weighted by molar-refractivity contribution is -0.115. The van der Waals surface area contributed by atoms with E-state index in [1.54, 1.807) is 0 Å². The van der Waals surface area contributed by atoms with Crippen LogP contribution in [0, 0.1) is 5.92 Å². The summed E-state index contributed by atoms with van der Waals surface area (Å²) in [6, 6.07) is 5.67. The molecular formula is C12H13ClN2O. The highest BCUT2D eigenvalue weighted by molar-refractivity contribution is 6.31. The second-order valence-corrected chi connectivity index (χ2v) is 4.97. The SMILES string of the molecule is O=C1CN(CC2CC2)c2ccc(Cl)cc2N1. The van der Waals surface area contributed by atoms with E-state index in [4.69, 9.17) is 11.6 Å². The van der Waals surface area contributed by atoms with Crippen molar-refractivity contribution in [3.05, 3.63) is 23.2 Å². The van der Waals surface area contributed by atoms with E-state index in [0.29, 0.717) is 11.6 Å². The lowest BCUT2D eigenvalue weighted by atomic mass is 10.2. The first-order valence-electron chi connectivity index (χ1n) is 5.57. The van der Waals surface area contributed by atoms with E-state index in [9.17, 15) is 4.79 Å². The molecule has 3 nitrogen and oxygen atoms in total. The van der Waals surface area contributed by atoms with Gasteiger partial charge in [0.25, 0.3) is 0 Å². The van der Waals surface area contributed by atoms with E-state index in [-0.39, 0.29) is 5.91 Å². The van der Waals surface area contributed by atoms with Crippen LogP contribution < -0.4 is 10.2 Å². The maximum Gasteiger partial charge on any atom is 0.243 e. The molecule has 1 aliphatic carbocycles. The molecule has 1 aromatic rings. The van der Waals surface area contributed by atoms with Gasteiger partial charge in [0.05, 0.1) is 17.9 Å². The van der Waals surface area contributed by atoms with E-state index in [1.165, 1.54) is 12.8 Å². The van der Waals surface area contributed by atoms with Crippen LogP contribution in [0.2, 0.25) is 5.02 Å². The Morgan fingerprint density at radius 1 is 1.44 bits per heavy atom. The number of carbonyl (C=O) groups is 1. The zero-order chi connectivity index (χ0) is 11.1. The summed E-state index contributed by atoms with van der Waals surface area (Å²) in [5.74, 6) is 0.824. The number of nitrogens with zero attached hydrogens (tertiary/aromatic N) is 1. The van der Waals surface area contributed by atoms with Crippen LogP contribution in [-0.4, -0.2) is 19.0 Å². The molecule has 0 radical (unpaired) electrons. The Morgan fingerprint density at radius 2 is 2.25 bits per heavy atom. The molecule has 0 saturated heterocycles. The number of halogens is 1. The van der Waals surface area contributed by atoms with Gasteiger partial charge in [0.2, 0.25) is 5.91 Å². The molecule has 0 spiro atoms. The number of amides is 1. The summed E-state index contributed by atoms with van der Waals surface area (Å²) in [5, 5.41) is 3.52. The van der Waals surface area contributed by atoms with Crippen LogP contribution >= 0.6 is 11.6 Å². The third kappa shape index (κ3) is 1.87. The van der Waals surface area contributed by atoms with Gasteiger partial charge in [-0.25, -0.2) is 0 Å². The molecule has 0 unspecified atom stereocenters. The van der Waals surface area contributed by atoms with Crippen molar-refractivity contribution in [1.29, 1.82) is 0 Å². The molecule has 16 heavy (non-hydrogen) atoms. The normalized spacial score (nSPS) is 19.3. The number of benzene rings is 1. The lowest BCUT2D eigenvalue weighted by Gasteiger charge is -2.31. The van der Waals surface area contributed by atoms with Gasteiger partial charge in [-0.2, -0.15) is 0 Å². The first-order valence-corrected chi connectivity index (χ1v) is 5.94. The van der Waals surface area contributed by atoms with Gasteiger partial charge < -0.3 is 10.2 Å². The molecule has 2 aliphatic rings. The van der Waals surface area contributed by atoms with Crippen LogP contribution in [0.5, 0.6) is 0 Å². The van der Waals surface area contributed by atoms with Crippen molar-refractivity contribution in [2.75, 3.05) is 23.3 Å². The monoisotopic (exact) mass is 236 g/mol. The summed E-state index contributed by atoms with van der Waals surface area (Å²) in [6.45, 7) is 1.45. The fourth-order valence-corrected chi connectivity index (χ4v) is 2.28. The number of nitrogens with one attached hydrogen (secondary N) is 1. The van der Waals surface area contributed by atoms with Crippen molar-refractivity contribution in [2.45, 2.75) is 12.8 Å². The Kier molecular flexibility index (Phi) is 2.28. The highest BCUT2D eigenvalue weighted by Gasteiger charge is 2.29. The Hall–Kier alpha value is -1.22. The zero-order valence-corrected chi connectivity index (χ0v) is 9.63. The van der Waals surface area contributed by atoms with Crippen molar-refractivity contribution in [3.63, 3.8) is 0 Å². The van der Waals surface area contributed by atoms with E-state index < -0.39 is 0 Å². The predicted molar refractivity (Wildman–Crippen MR) is 65.0 cm³/mol. The molecule has 1 aromatic carbocycles. The van der Waals surface area contributed by atoms with Gasteiger partial charge in [-0.3, -0.25) is 4.79 Å². The summed E-state index contributed by atoms with van der Waals surface area (Å²) >= 11 is 5.92. The van der Waals surface area contributed by atoms with Crippen LogP contribution in [0.25, 0.3) is 0 Å². The molecule has 1 fully saturated rings. The number of anilines is 2. The van der Waals surface area contributed by atoms with Gasteiger partial charge in [-0.05, 0) is 37.0 Å². The van der Waals surface area contributed by atoms with Crippen molar-refractivity contribution in [1.82, 2.24) is 0 Å². The quantitative estimate of drug-likeness (QED) is 0.856. The second kappa shape index (κ2) is 3.67. The molecule has 4 heteroatoms. The average Bonchev–Trinajstić information content (AvgIpc) is 3.00. The smallest absolute Gasteiger partial charge is 0.243 e. The molecule has 3 rings (SSSR count). The highest BCUT2D eigenvalue weighted by Crippen LogP contribution is 2.36. The number of fused-ring (bicyclic) bond motifs is 1. The molecular weight excluding hydrogens is 224 g/mol. The summed E-state index contributed by atoms with van der Waals surface area (Å²) in [4.78, 5) is 13.7. The van der Waals surface area contributed by atoms with Gasteiger partial charge >= 0.3 is 0 Å². The first kappa shape index (κ1) is 9.97. The van der Waals surface area contributed by atoms with Crippen molar-refractivity contribution < 1.29 is 4.79 Å². The maximum atomic E-state index is 11.6. The largest absolute Gasteiger partial charge is 0.360 e. The molecule has 0 atom stereocenters. The molecule has 1 heterocycles. The maximum absolute atomic E-state index is 11.6. The van der Waals surface area contributed by atoms with Crippen LogP contribution in [0.4, 0.5) is 11.4 Å². The number of rotatable bonds is 2. The fraction of sp³-hybridized carbons (Fsp3) is 0.417. The first-order chi connectivity index (χ1) is 7.72. The lowest BCUT2D eigenvalue weighted by Crippen LogP contribution is -2.39. The van der Waals surface area contributed by atoms with Crippen molar-refractivity contribution >= 4 is 28.9 Å². The van der Waals surface area contributed by atoms with E-state index >= 15 is 0 Å². The molecule has 1 saturated carbocycles. The second-order valence-electron chi connectivity index (χ2n) is 4.53. The summed E-state index contributed by atoms with van der Waals surface area (Å²) < 4.78 is 0. The molecule has 1 amide bonds. The van der Waals surface area contributed by atoms with E-state index in [2.05, 4.69) is 10.2 Å². The van der Waals surface area contributed by atoms with Crippen LogP contribution in [-0.2, 0) is 4.79 Å². The predicted octanol–water partition coefficient (Wildman–Crippen LogP) is 2.51. The average molecular weight is 237 g/mol. The Labute approximate surface area is 99.4 Å². The van der Waals surface area contributed by atoms with Gasteiger partial charge in [0.1, 0.15) is 0 Å². The van der Waals surface area contributed by atoms with Crippen LogP contribution in [0.15, 0.2) is 18.2 Å². The summed E-state index contributed by atoms with van der Waals surface area (Å²) in [5.41, 5.74) is 1.93. The third-order valence-corrected chi connectivity index (χ3v) is 3.32. The van der Waals surface area contributed by atoms with Gasteiger partial charge in [0, 0.05) is 11.6 Å². The molecule has 1 aliphatic heterocycles. The third-order valence-electron chi connectivity index (χ3n) is 3.08. The summed E-state index contributed by atoms with van der Waals surface area (Å²) in [7, 11) is 0. The molecule has 0 aromatic heterocycles. The van der Waals surface area contributed by atoms with E-state index in [1.807, 2.05) is 18.2 Å². The number of carbonyl (C=O) groups excluding carboxylic acids is 1. The highest BCUT2D eigenvalue weighted by atomic mass is 35.5. The fourth-order valence-electron chi connectivity index (χ4n) is 2.11. The van der Waals surface area contributed by atoms with Crippen molar-refractivity contribution in [3.8, 4) is 0 Å².